The van der Waals surface area contributed by atoms with Crippen molar-refractivity contribution >= 4 is 27.3 Å². The summed E-state index contributed by atoms with van der Waals surface area (Å²) < 4.78 is 33.8. The first-order valence-electron chi connectivity index (χ1n) is 9.49. The summed E-state index contributed by atoms with van der Waals surface area (Å²) in [6.45, 7) is 6.80. The summed E-state index contributed by atoms with van der Waals surface area (Å²) >= 11 is 0. The Morgan fingerprint density at radius 2 is 1.86 bits per heavy atom. The lowest BCUT2D eigenvalue weighted by atomic mass is 10.1. The number of piperidine rings is 1. The summed E-state index contributed by atoms with van der Waals surface area (Å²) in [7, 11) is -3.75. The minimum Gasteiger partial charge on any atom is -0.494 e. The van der Waals surface area contributed by atoms with E-state index in [2.05, 4.69) is 4.72 Å². The van der Waals surface area contributed by atoms with Gasteiger partial charge < -0.3 is 9.64 Å². The molecule has 7 heteroatoms. The Hall–Kier alpha value is -2.54. The third kappa shape index (κ3) is 4.30. The number of nitrogens with zero attached hydrogens (tertiary/aromatic N) is 1. The molecule has 28 heavy (non-hydrogen) atoms. The predicted octanol–water partition coefficient (Wildman–Crippen LogP) is 4.02. The molecule has 1 fully saturated rings. The number of hydrogen-bond acceptors (Lipinski definition) is 4. The number of carbonyl (C=O) groups excluding carboxylic acids is 1. The van der Waals surface area contributed by atoms with E-state index in [9.17, 15) is 13.2 Å². The monoisotopic (exact) mass is 402 g/mol. The Morgan fingerprint density at radius 3 is 2.54 bits per heavy atom. The number of benzene rings is 2. The van der Waals surface area contributed by atoms with E-state index in [4.69, 9.17) is 4.74 Å². The van der Waals surface area contributed by atoms with E-state index in [0.29, 0.717) is 31.0 Å². The maximum absolute atomic E-state index is 12.8. The molecule has 1 N–H and O–H groups in total. The van der Waals surface area contributed by atoms with E-state index in [1.54, 1.807) is 29.2 Å². The normalized spacial score (nSPS) is 14.8. The number of hydrogen-bond donors (Lipinski definition) is 1. The largest absolute Gasteiger partial charge is 0.494 e. The van der Waals surface area contributed by atoms with E-state index in [-0.39, 0.29) is 10.8 Å². The lowest BCUT2D eigenvalue weighted by Gasteiger charge is -2.28. The number of aryl methyl sites for hydroxylation is 2. The van der Waals surface area contributed by atoms with Gasteiger partial charge in [0, 0.05) is 18.7 Å². The van der Waals surface area contributed by atoms with Crippen LogP contribution in [0.4, 0.5) is 11.4 Å². The highest BCUT2D eigenvalue weighted by atomic mass is 32.2. The molecular weight excluding hydrogens is 376 g/mol. The fraction of sp³-hybridized carbons (Fsp3) is 0.381. The Morgan fingerprint density at radius 1 is 1.07 bits per heavy atom. The van der Waals surface area contributed by atoms with Gasteiger partial charge in [-0.3, -0.25) is 9.52 Å². The van der Waals surface area contributed by atoms with E-state index in [0.717, 1.165) is 29.7 Å². The second-order valence-corrected chi connectivity index (χ2v) is 8.65. The first-order valence-corrected chi connectivity index (χ1v) is 11.0. The van der Waals surface area contributed by atoms with Crippen molar-refractivity contribution in [3.63, 3.8) is 0 Å². The summed E-state index contributed by atoms with van der Waals surface area (Å²) in [5.74, 6) is 0.749. The maximum Gasteiger partial charge on any atom is 0.261 e. The van der Waals surface area contributed by atoms with Gasteiger partial charge >= 0.3 is 0 Å². The number of nitrogens with one attached hydrogen (secondary N) is 1. The molecule has 0 unspecified atom stereocenters. The minimum absolute atomic E-state index is 0.0801. The molecule has 1 amide bonds. The van der Waals surface area contributed by atoms with Crippen LogP contribution in [0.25, 0.3) is 0 Å². The number of sulfonamides is 1. The topological polar surface area (TPSA) is 75.7 Å². The molecule has 0 bridgehead atoms. The van der Waals surface area contributed by atoms with Crippen LogP contribution in [-0.2, 0) is 14.8 Å². The minimum atomic E-state index is -3.75. The Balaban J connectivity index is 1.87. The van der Waals surface area contributed by atoms with Crippen LogP contribution >= 0.6 is 0 Å². The van der Waals surface area contributed by atoms with Gasteiger partial charge in [-0.1, -0.05) is 6.07 Å². The van der Waals surface area contributed by atoms with Crippen LogP contribution in [0.3, 0.4) is 0 Å². The number of anilines is 2. The molecule has 0 aromatic heterocycles. The van der Waals surface area contributed by atoms with Gasteiger partial charge in [0.15, 0.2) is 0 Å². The molecular formula is C21H26N2O4S. The van der Waals surface area contributed by atoms with Crippen LogP contribution in [0.15, 0.2) is 41.3 Å². The van der Waals surface area contributed by atoms with Crippen molar-refractivity contribution in [2.24, 2.45) is 0 Å². The second-order valence-electron chi connectivity index (χ2n) is 6.97. The van der Waals surface area contributed by atoms with Crippen molar-refractivity contribution in [1.29, 1.82) is 0 Å². The molecule has 0 saturated carbocycles. The molecule has 2 aromatic carbocycles. The lowest BCUT2D eigenvalue weighted by Crippen LogP contribution is -2.35. The average Bonchev–Trinajstić information content (AvgIpc) is 2.65. The molecule has 0 atom stereocenters. The van der Waals surface area contributed by atoms with Crippen LogP contribution in [0, 0.1) is 13.8 Å². The molecule has 1 saturated heterocycles. The predicted molar refractivity (Wildman–Crippen MR) is 111 cm³/mol. The summed E-state index contributed by atoms with van der Waals surface area (Å²) in [4.78, 5) is 14.2. The van der Waals surface area contributed by atoms with Gasteiger partial charge in [-0.25, -0.2) is 8.42 Å². The van der Waals surface area contributed by atoms with Crippen LogP contribution in [0.1, 0.15) is 37.3 Å². The molecule has 1 aliphatic heterocycles. The second kappa shape index (κ2) is 8.22. The first-order chi connectivity index (χ1) is 13.3. The number of amides is 1. The summed E-state index contributed by atoms with van der Waals surface area (Å²) in [6.07, 6.45) is 2.38. The quantitative estimate of drug-likeness (QED) is 0.792. The van der Waals surface area contributed by atoms with Crippen molar-refractivity contribution < 1.29 is 17.9 Å². The van der Waals surface area contributed by atoms with Crippen molar-refractivity contribution in [1.82, 2.24) is 0 Å². The van der Waals surface area contributed by atoms with E-state index < -0.39 is 10.0 Å². The van der Waals surface area contributed by atoms with Crippen LogP contribution < -0.4 is 14.4 Å². The van der Waals surface area contributed by atoms with Crippen molar-refractivity contribution in [2.75, 3.05) is 22.8 Å². The van der Waals surface area contributed by atoms with E-state index >= 15 is 0 Å². The highest BCUT2D eigenvalue weighted by Gasteiger charge is 2.22. The summed E-state index contributed by atoms with van der Waals surface area (Å²) in [5.41, 5.74) is 2.89. The third-order valence-electron chi connectivity index (χ3n) is 4.83. The molecule has 0 radical (unpaired) electrons. The smallest absolute Gasteiger partial charge is 0.261 e. The third-order valence-corrected chi connectivity index (χ3v) is 6.21. The van der Waals surface area contributed by atoms with Gasteiger partial charge in [0.1, 0.15) is 5.75 Å². The molecule has 1 aliphatic rings. The fourth-order valence-electron chi connectivity index (χ4n) is 3.34. The van der Waals surface area contributed by atoms with Gasteiger partial charge in [0.2, 0.25) is 5.91 Å². The van der Waals surface area contributed by atoms with Gasteiger partial charge in [0.05, 0.1) is 17.2 Å². The molecule has 3 rings (SSSR count). The summed E-state index contributed by atoms with van der Waals surface area (Å²) in [6, 6.07) is 10.1. The lowest BCUT2D eigenvalue weighted by molar-refractivity contribution is -0.119. The van der Waals surface area contributed by atoms with Gasteiger partial charge in [-0.2, -0.15) is 0 Å². The number of carbonyl (C=O) groups is 1. The summed E-state index contributed by atoms with van der Waals surface area (Å²) in [5, 5.41) is 0. The molecule has 2 aromatic rings. The van der Waals surface area contributed by atoms with Gasteiger partial charge in [-0.15, -0.1) is 0 Å². The molecule has 1 heterocycles. The van der Waals surface area contributed by atoms with Crippen LogP contribution in [0.2, 0.25) is 0 Å². The maximum atomic E-state index is 12.8. The Bertz CT molecular complexity index is 986. The molecule has 0 aliphatic carbocycles. The highest BCUT2D eigenvalue weighted by molar-refractivity contribution is 7.92. The standard InChI is InChI=1S/C21H26N2O4S/c1-4-27-20-11-10-18(13-16(20)3)28(25,26)22-17-9-8-15(2)19(14-17)23-12-6-5-7-21(23)24/h8-11,13-14,22H,4-7,12H2,1-3H3. The van der Waals surface area contributed by atoms with Crippen molar-refractivity contribution in [3.05, 3.63) is 47.5 Å². The SMILES string of the molecule is CCOc1ccc(S(=O)(=O)Nc2ccc(C)c(N3CCCCC3=O)c2)cc1C. The van der Waals surface area contributed by atoms with Crippen molar-refractivity contribution in [3.8, 4) is 5.75 Å². The van der Waals surface area contributed by atoms with Gasteiger partial charge in [-0.05, 0) is 75.1 Å². The fourth-order valence-corrected chi connectivity index (χ4v) is 4.48. The Kier molecular flexibility index (Phi) is 5.93. The zero-order valence-corrected chi connectivity index (χ0v) is 17.3. The molecule has 150 valence electrons. The zero-order valence-electron chi connectivity index (χ0n) is 16.5. The zero-order chi connectivity index (χ0) is 20.3. The van der Waals surface area contributed by atoms with E-state index in [1.165, 1.54) is 6.07 Å². The molecule has 0 spiro atoms. The van der Waals surface area contributed by atoms with Crippen LogP contribution in [0.5, 0.6) is 5.75 Å². The van der Waals surface area contributed by atoms with E-state index in [1.807, 2.05) is 26.8 Å². The van der Waals surface area contributed by atoms with Crippen LogP contribution in [-0.4, -0.2) is 27.5 Å². The highest BCUT2D eigenvalue weighted by Crippen LogP contribution is 2.29. The van der Waals surface area contributed by atoms with Crippen molar-refractivity contribution in [2.45, 2.75) is 44.9 Å². The molecule has 6 nitrogen and oxygen atoms in total. The van der Waals surface area contributed by atoms with Gasteiger partial charge in [0.25, 0.3) is 10.0 Å². The number of ether oxygens (including phenoxy) is 1. The Labute approximate surface area is 166 Å². The average molecular weight is 403 g/mol. The first kappa shape index (κ1) is 20.2. The number of rotatable bonds is 6.